The maximum Gasteiger partial charge on any atom is 0.251 e. The smallest absolute Gasteiger partial charge is 0.251 e. The molecular formula is C18H24N2O3. The Hall–Kier alpha value is -2.04. The summed E-state index contributed by atoms with van der Waals surface area (Å²) in [6.07, 6.45) is 4.02. The van der Waals surface area contributed by atoms with Crippen molar-refractivity contribution in [2.24, 2.45) is 5.92 Å². The largest absolute Gasteiger partial charge is 0.490 e. The molecule has 3 rings (SSSR count). The van der Waals surface area contributed by atoms with E-state index in [2.05, 4.69) is 5.32 Å². The minimum Gasteiger partial charge on any atom is -0.490 e. The van der Waals surface area contributed by atoms with Crippen LogP contribution < -0.4 is 10.1 Å². The van der Waals surface area contributed by atoms with E-state index in [0.29, 0.717) is 23.9 Å². The van der Waals surface area contributed by atoms with Crippen LogP contribution in [0, 0.1) is 5.92 Å². The number of amides is 2. The lowest BCUT2D eigenvalue weighted by atomic mass is 10.1. The first kappa shape index (κ1) is 15.8. The van der Waals surface area contributed by atoms with Gasteiger partial charge in [0, 0.05) is 44.0 Å². The van der Waals surface area contributed by atoms with Gasteiger partial charge in [0.2, 0.25) is 5.91 Å². The Kier molecular flexibility index (Phi) is 4.84. The Morgan fingerprint density at radius 3 is 2.35 bits per heavy atom. The van der Waals surface area contributed by atoms with Gasteiger partial charge in [-0.25, -0.2) is 0 Å². The first-order chi connectivity index (χ1) is 11.2. The van der Waals surface area contributed by atoms with Crippen molar-refractivity contribution in [1.29, 1.82) is 0 Å². The predicted molar refractivity (Wildman–Crippen MR) is 87.4 cm³/mol. The number of rotatable bonds is 5. The normalized spacial score (nSPS) is 18.6. The maximum absolute atomic E-state index is 12.0. The molecule has 23 heavy (non-hydrogen) atoms. The van der Waals surface area contributed by atoms with Gasteiger partial charge < -0.3 is 15.0 Å². The zero-order chi connectivity index (χ0) is 16.2. The Morgan fingerprint density at radius 1 is 1.13 bits per heavy atom. The summed E-state index contributed by atoms with van der Waals surface area (Å²) in [5, 5.41) is 2.78. The highest BCUT2D eigenvalue weighted by Crippen LogP contribution is 2.32. The van der Waals surface area contributed by atoms with E-state index < -0.39 is 0 Å². The number of carbonyl (C=O) groups is 2. The molecule has 1 saturated carbocycles. The summed E-state index contributed by atoms with van der Waals surface area (Å²) in [5.74, 6) is 1.35. The van der Waals surface area contributed by atoms with E-state index in [1.807, 2.05) is 24.0 Å². The Labute approximate surface area is 137 Å². The van der Waals surface area contributed by atoms with Crippen LogP contribution >= 0.6 is 0 Å². The molecule has 1 aromatic rings. The summed E-state index contributed by atoms with van der Waals surface area (Å²) in [6, 6.07) is 7.25. The number of ether oxygens (including phenoxy) is 1. The molecule has 0 atom stereocenters. The van der Waals surface area contributed by atoms with E-state index in [9.17, 15) is 9.59 Å². The molecule has 1 N–H and O–H groups in total. The number of hydrogen-bond acceptors (Lipinski definition) is 3. The lowest BCUT2D eigenvalue weighted by molar-refractivity contribution is -0.134. The van der Waals surface area contributed by atoms with Crippen LogP contribution in [0.15, 0.2) is 24.3 Å². The molecule has 0 aromatic heterocycles. The first-order valence-corrected chi connectivity index (χ1v) is 8.51. The van der Waals surface area contributed by atoms with Gasteiger partial charge in [0.05, 0.1) is 0 Å². The number of nitrogens with one attached hydrogen (secondary N) is 1. The summed E-state index contributed by atoms with van der Waals surface area (Å²) in [5.41, 5.74) is 0.643. The van der Waals surface area contributed by atoms with Gasteiger partial charge in [0.25, 0.3) is 5.91 Å². The van der Waals surface area contributed by atoms with Gasteiger partial charge in [-0.3, -0.25) is 9.59 Å². The van der Waals surface area contributed by atoms with Crippen molar-refractivity contribution in [3.8, 4) is 5.75 Å². The number of hydrogen-bond donors (Lipinski definition) is 1. The van der Waals surface area contributed by atoms with E-state index >= 15 is 0 Å². The van der Waals surface area contributed by atoms with Crippen LogP contribution in [0.3, 0.4) is 0 Å². The molecule has 0 bridgehead atoms. The minimum absolute atomic E-state index is 0.0639. The van der Waals surface area contributed by atoms with Crippen LogP contribution in [0.4, 0.5) is 0 Å². The fraction of sp³-hybridized carbons (Fsp3) is 0.556. The SMILES string of the molecule is CCNC(=O)c1ccc(OC2CCN(C(=O)C3CC3)CC2)cc1. The standard InChI is InChI=1S/C18H24N2O3/c1-2-19-17(21)13-5-7-15(8-6-13)23-16-9-11-20(12-10-16)18(22)14-3-4-14/h5-8,14,16H,2-4,9-12H2,1H3,(H,19,21). The van der Waals surface area contributed by atoms with E-state index in [4.69, 9.17) is 4.74 Å². The molecule has 5 heteroatoms. The van der Waals surface area contributed by atoms with Crippen LogP contribution in [-0.4, -0.2) is 42.5 Å². The van der Waals surface area contributed by atoms with Crippen molar-refractivity contribution in [3.63, 3.8) is 0 Å². The molecule has 124 valence electrons. The van der Waals surface area contributed by atoms with Gasteiger partial charge in [0.15, 0.2) is 0 Å². The second-order valence-corrected chi connectivity index (χ2v) is 6.30. The highest BCUT2D eigenvalue weighted by atomic mass is 16.5. The van der Waals surface area contributed by atoms with Crippen molar-refractivity contribution in [2.75, 3.05) is 19.6 Å². The molecule has 1 heterocycles. The summed E-state index contributed by atoms with van der Waals surface area (Å²) in [4.78, 5) is 25.7. The third-order valence-electron chi connectivity index (χ3n) is 4.44. The molecule has 2 aliphatic rings. The van der Waals surface area contributed by atoms with Crippen molar-refractivity contribution in [1.82, 2.24) is 10.2 Å². The molecule has 0 spiro atoms. The Bertz CT molecular complexity index is 558. The average molecular weight is 316 g/mol. The molecule has 2 fully saturated rings. The molecule has 1 aliphatic heterocycles. The van der Waals surface area contributed by atoms with Crippen LogP contribution in [0.2, 0.25) is 0 Å². The second kappa shape index (κ2) is 7.02. The van der Waals surface area contributed by atoms with Crippen molar-refractivity contribution in [3.05, 3.63) is 29.8 Å². The van der Waals surface area contributed by atoms with E-state index in [1.165, 1.54) is 0 Å². The second-order valence-electron chi connectivity index (χ2n) is 6.30. The minimum atomic E-state index is -0.0639. The number of benzene rings is 1. The summed E-state index contributed by atoms with van der Waals surface area (Å²) in [6.45, 7) is 4.10. The van der Waals surface area contributed by atoms with E-state index in [-0.39, 0.29) is 12.0 Å². The predicted octanol–water partition coefficient (Wildman–Crippen LogP) is 2.22. The molecule has 1 aliphatic carbocycles. The van der Waals surface area contributed by atoms with Gasteiger partial charge >= 0.3 is 0 Å². The van der Waals surface area contributed by atoms with Crippen LogP contribution in [-0.2, 0) is 4.79 Å². The average Bonchev–Trinajstić information content (AvgIpc) is 3.41. The molecular weight excluding hydrogens is 292 g/mol. The van der Waals surface area contributed by atoms with E-state index in [1.54, 1.807) is 12.1 Å². The van der Waals surface area contributed by atoms with Gasteiger partial charge in [-0.1, -0.05) is 0 Å². The van der Waals surface area contributed by atoms with Crippen molar-refractivity contribution < 1.29 is 14.3 Å². The molecule has 1 aromatic carbocycles. The quantitative estimate of drug-likeness (QED) is 0.906. The van der Waals surface area contributed by atoms with Crippen LogP contribution in [0.1, 0.15) is 43.0 Å². The molecule has 5 nitrogen and oxygen atoms in total. The monoisotopic (exact) mass is 316 g/mol. The molecule has 0 radical (unpaired) electrons. The van der Waals surface area contributed by atoms with Gasteiger partial charge in [-0.05, 0) is 44.0 Å². The summed E-state index contributed by atoms with van der Waals surface area (Å²) in [7, 11) is 0. The van der Waals surface area contributed by atoms with Crippen molar-refractivity contribution >= 4 is 11.8 Å². The summed E-state index contributed by atoms with van der Waals surface area (Å²) < 4.78 is 5.98. The fourth-order valence-electron chi connectivity index (χ4n) is 2.92. The first-order valence-electron chi connectivity index (χ1n) is 8.51. The molecule has 1 saturated heterocycles. The van der Waals surface area contributed by atoms with Gasteiger partial charge in [0.1, 0.15) is 11.9 Å². The Morgan fingerprint density at radius 2 is 1.78 bits per heavy atom. The highest BCUT2D eigenvalue weighted by molar-refractivity contribution is 5.94. The van der Waals surface area contributed by atoms with E-state index in [0.717, 1.165) is 44.5 Å². The Balaban J connectivity index is 1.48. The topological polar surface area (TPSA) is 58.6 Å². The zero-order valence-electron chi connectivity index (χ0n) is 13.6. The lowest BCUT2D eigenvalue weighted by Crippen LogP contribution is -2.42. The lowest BCUT2D eigenvalue weighted by Gasteiger charge is -2.32. The van der Waals surface area contributed by atoms with Crippen molar-refractivity contribution in [2.45, 2.75) is 38.7 Å². The van der Waals surface area contributed by atoms with Crippen LogP contribution in [0.25, 0.3) is 0 Å². The summed E-state index contributed by atoms with van der Waals surface area (Å²) >= 11 is 0. The highest BCUT2D eigenvalue weighted by Gasteiger charge is 2.35. The number of piperidine rings is 1. The number of nitrogens with zero attached hydrogens (tertiary/aromatic N) is 1. The number of carbonyl (C=O) groups excluding carboxylic acids is 2. The van der Waals surface area contributed by atoms with Crippen LogP contribution in [0.5, 0.6) is 5.75 Å². The fourth-order valence-corrected chi connectivity index (χ4v) is 2.92. The third-order valence-corrected chi connectivity index (χ3v) is 4.44. The maximum atomic E-state index is 12.0. The molecule has 2 amide bonds. The third kappa shape index (κ3) is 4.03. The number of likely N-dealkylation sites (tertiary alicyclic amines) is 1. The van der Waals surface area contributed by atoms with Gasteiger partial charge in [-0.2, -0.15) is 0 Å². The molecule has 0 unspecified atom stereocenters. The van der Waals surface area contributed by atoms with Gasteiger partial charge in [-0.15, -0.1) is 0 Å². The zero-order valence-corrected chi connectivity index (χ0v) is 13.6.